The lowest BCUT2D eigenvalue weighted by Crippen LogP contribution is -2.25. The molecule has 2 unspecified atom stereocenters. The fourth-order valence-electron chi connectivity index (χ4n) is 1.71. The third kappa shape index (κ3) is 2.18. The standard InChI is InChI=1S/C12H18FNO2/c1-6-5-9(11(15)8(3)14)7(2)12(16-4)10(6)13/h5,8,11,15H,14H2,1-4H3. The minimum atomic E-state index is -0.812. The lowest BCUT2D eigenvalue weighted by atomic mass is 9.96. The summed E-state index contributed by atoms with van der Waals surface area (Å²) in [5, 5.41) is 9.91. The van der Waals surface area contributed by atoms with Crippen LogP contribution in [-0.4, -0.2) is 18.3 Å². The first kappa shape index (κ1) is 12.9. The fraction of sp³-hybridized carbons (Fsp3) is 0.500. The molecule has 0 aliphatic carbocycles. The maximum Gasteiger partial charge on any atom is 0.168 e. The van der Waals surface area contributed by atoms with E-state index in [1.165, 1.54) is 7.11 Å². The SMILES string of the molecule is COc1c(C)c(C(O)C(C)N)cc(C)c1F. The van der Waals surface area contributed by atoms with Crippen molar-refractivity contribution in [3.8, 4) is 5.75 Å². The van der Waals surface area contributed by atoms with E-state index in [0.717, 1.165) is 0 Å². The van der Waals surface area contributed by atoms with Gasteiger partial charge in [0.05, 0.1) is 13.2 Å². The van der Waals surface area contributed by atoms with Gasteiger partial charge in [0.25, 0.3) is 0 Å². The molecule has 16 heavy (non-hydrogen) atoms. The number of aliphatic hydroxyl groups excluding tert-OH is 1. The Hall–Kier alpha value is -1.13. The number of hydrogen-bond donors (Lipinski definition) is 2. The van der Waals surface area contributed by atoms with Gasteiger partial charge < -0.3 is 15.6 Å². The first-order valence-electron chi connectivity index (χ1n) is 5.17. The van der Waals surface area contributed by atoms with E-state index in [0.29, 0.717) is 16.7 Å². The van der Waals surface area contributed by atoms with Gasteiger partial charge in [-0.25, -0.2) is 4.39 Å². The molecule has 3 nitrogen and oxygen atoms in total. The average molecular weight is 227 g/mol. The van der Waals surface area contributed by atoms with Crippen molar-refractivity contribution in [3.63, 3.8) is 0 Å². The first-order chi connectivity index (χ1) is 7.40. The molecule has 0 aliphatic heterocycles. The molecule has 0 saturated carbocycles. The first-order valence-corrected chi connectivity index (χ1v) is 5.17. The summed E-state index contributed by atoms with van der Waals surface area (Å²) in [5.74, 6) is -0.213. The molecule has 0 amide bonds. The van der Waals surface area contributed by atoms with Crippen molar-refractivity contribution in [2.24, 2.45) is 5.73 Å². The van der Waals surface area contributed by atoms with Gasteiger partial charge in [-0.05, 0) is 43.5 Å². The van der Waals surface area contributed by atoms with Gasteiger partial charge in [-0.1, -0.05) is 0 Å². The van der Waals surface area contributed by atoms with E-state index in [1.54, 1.807) is 26.8 Å². The van der Waals surface area contributed by atoms with Crippen LogP contribution in [0.5, 0.6) is 5.75 Å². The number of ether oxygens (including phenoxy) is 1. The second kappa shape index (κ2) is 4.80. The summed E-state index contributed by atoms with van der Waals surface area (Å²) >= 11 is 0. The molecule has 0 heterocycles. The van der Waals surface area contributed by atoms with E-state index in [-0.39, 0.29) is 11.6 Å². The van der Waals surface area contributed by atoms with Gasteiger partial charge in [0.1, 0.15) is 0 Å². The van der Waals surface area contributed by atoms with Crippen molar-refractivity contribution in [1.82, 2.24) is 0 Å². The van der Waals surface area contributed by atoms with Gasteiger partial charge >= 0.3 is 0 Å². The average Bonchev–Trinajstić information content (AvgIpc) is 2.23. The van der Waals surface area contributed by atoms with E-state index in [4.69, 9.17) is 10.5 Å². The summed E-state index contributed by atoms with van der Waals surface area (Å²) in [5.41, 5.74) is 7.28. The number of hydrogen-bond acceptors (Lipinski definition) is 3. The summed E-state index contributed by atoms with van der Waals surface area (Å²) in [6, 6.07) is 1.20. The zero-order chi connectivity index (χ0) is 12.5. The summed E-state index contributed by atoms with van der Waals surface area (Å²) in [6.45, 7) is 5.05. The summed E-state index contributed by atoms with van der Waals surface area (Å²) in [7, 11) is 1.41. The Morgan fingerprint density at radius 2 is 2.00 bits per heavy atom. The van der Waals surface area contributed by atoms with Crippen LogP contribution in [0.15, 0.2) is 6.07 Å². The number of aryl methyl sites for hydroxylation is 1. The molecule has 1 aromatic carbocycles. The summed E-state index contributed by atoms with van der Waals surface area (Å²) < 4.78 is 18.7. The van der Waals surface area contributed by atoms with Crippen LogP contribution in [0, 0.1) is 19.7 Å². The van der Waals surface area contributed by atoms with E-state index in [1.807, 2.05) is 0 Å². The van der Waals surface area contributed by atoms with E-state index in [2.05, 4.69) is 0 Å². The van der Waals surface area contributed by atoms with Crippen molar-refractivity contribution >= 4 is 0 Å². The Balaban J connectivity index is 3.36. The highest BCUT2D eigenvalue weighted by Crippen LogP contribution is 2.32. The van der Waals surface area contributed by atoms with Crippen LogP contribution in [0.1, 0.15) is 29.7 Å². The van der Waals surface area contributed by atoms with Crippen LogP contribution in [0.2, 0.25) is 0 Å². The molecule has 0 aromatic heterocycles. The van der Waals surface area contributed by atoms with Crippen molar-refractivity contribution in [3.05, 3.63) is 28.6 Å². The number of rotatable bonds is 3. The van der Waals surface area contributed by atoms with Gasteiger partial charge in [0.2, 0.25) is 0 Å². The van der Waals surface area contributed by atoms with Crippen molar-refractivity contribution in [2.45, 2.75) is 32.9 Å². The molecule has 3 N–H and O–H groups in total. The Morgan fingerprint density at radius 3 is 2.44 bits per heavy atom. The van der Waals surface area contributed by atoms with Gasteiger partial charge in [-0.15, -0.1) is 0 Å². The molecule has 2 atom stereocenters. The summed E-state index contributed by atoms with van der Waals surface area (Å²) in [4.78, 5) is 0. The van der Waals surface area contributed by atoms with Gasteiger partial charge in [-0.3, -0.25) is 0 Å². The predicted molar refractivity (Wildman–Crippen MR) is 61.0 cm³/mol. The van der Waals surface area contributed by atoms with Gasteiger partial charge in [0, 0.05) is 6.04 Å². The molecule has 0 fully saturated rings. The normalized spacial score (nSPS) is 14.7. The van der Waals surface area contributed by atoms with Crippen LogP contribution >= 0.6 is 0 Å². The zero-order valence-corrected chi connectivity index (χ0v) is 10.0. The number of aliphatic hydroxyl groups is 1. The number of benzene rings is 1. The fourth-order valence-corrected chi connectivity index (χ4v) is 1.71. The van der Waals surface area contributed by atoms with Gasteiger partial charge in [0.15, 0.2) is 11.6 Å². The largest absolute Gasteiger partial charge is 0.493 e. The van der Waals surface area contributed by atoms with Crippen LogP contribution in [0.25, 0.3) is 0 Å². The zero-order valence-electron chi connectivity index (χ0n) is 10.0. The maximum absolute atomic E-state index is 13.7. The molecule has 0 aliphatic rings. The summed E-state index contributed by atoms with van der Waals surface area (Å²) in [6.07, 6.45) is -0.812. The van der Waals surface area contributed by atoms with E-state index in [9.17, 15) is 9.50 Å². The Labute approximate surface area is 95.0 Å². The maximum atomic E-state index is 13.7. The molecule has 0 spiro atoms. The van der Waals surface area contributed by atoms with E-state index < -0.39 is 12.1 Å². The molecular formula is C12H18FNO2. The van der Waals surface area contributed by atoms with Crippen LogP contribution < -0.4 is 10.5 Å². The Morgan fingerprint density at radius 1 is 1.44 bits per heavy atom. The van der Waals surface area contributed by atoms with Crippen LogP contribution in [0.3, 0.4) is 0 Å². The molecule has 0 radical (unpaired) electrons. The predicted octanol–water partition coefficient (Wildman–Crippen LogP) is 1.83. The molecule has 90 valence electrons. The van der Waals surface area contributed by atoms with Gasteiger partial charge in [-0.2, -0.15) is 0 Å². The number of methoxy groups -OCH3 is 1. The lowest BCUT2D eigenvalue weighted by molar-refractivity contribution is 0.152. The molecule has 0 bridgehead atoms. The minimum Gasteiger partial charge on any atom is -0.493 e. The van der Waals surface area contributed by atoms with Crippen molar-refractivity contribution < 1.29 is 14.2 Å². The molecule has 0 saturated heterocycles. The second-order valence-electron chi connectivity index (χ2n) is 4.06. The lowest BCUT2D eigenvalue weighted by Gasteiger charge is -2.20. The van der Waals surface area contributed by atoms with Crippen LogP contribution in [0.4, 0.5) is 4.39 Å². The monoisotopic (exact) mass is 227 g/mol. The Kier molecular flexibility index (Phi) is 3.88. The molecule has 1 aromatic rings. The topological polar surface area (TPSA) is 55.5 Å². The third-order valence-electron chi connectivity index (χ3n) is 2.71. The molecule has 1 rings (SSSR count). The third-order valence-corrected chi connectivity index (χ3v) is 2.71. The van der Waals surface area contributed by atoms with Crippen molar-refractivity contribution in [1.29, 1.82) is 0 Å². The van der Waals surface area contributed by atoms with Crippen molar-refractivity contribution in [2.75, 3.05) is 7.11 Å². The number of halogens is 1. The second-order valence-corrected chi connectivity index (χ2v) is 4.06. The van der Waals surface area contributed by atoms with Crippen LogP contribution in [-0.2, 0) is 0 Å². The highest BCUT2D eigenvalue weighted by molar-refractivity contribution is 5.45. The molecular weight excluding hydrogens is 209 g/mol. The Bertz CT molecular complexity index is 391. The number of nitrogens with two attached hydrogens (primary N) is 1. The molecule has 4 heteroatoms. The smallest absolute Gasteiger partial charge is 0.168 e. The quantitative estimate of drug-likeness (QED) is 0.828. The highest BCUT2D eigenvalue weighted by Gasteiger charge is 2.20. The highest BCUT2D eigenvalue weighted by atomic mass is 19.1. The van der Waals surface area contributed by atoms with E-state index >= 15 is 0 Å². The minimum absolute atomic E-state index is 0.176.